The summed E-state index contributed by atoms with van der Waals surface area (Å²) in [5, 5.41) is 10.4. The van der Waals surface area contributed by atoms with Crippen LogP contribution in [0.5, 0.6) is 0 Å². The fraction of sp³-hybridized carbons (Fsp3) is 0.263. The van der Waals surface area contributed by atoms with Crippen LogP contribution < -0.4 is 0 Å². The first-order valence-electron chi connectivity index (χ1n) is 7.87. The van der Waals surface area contributed by atoms with Crippen LogP contribution in [0.15, 0.2) is 48.5 Å². The Balaban J connectivity index is 1.77. The molecular weight excluding hydrogens is 342 g/mol. The highest BCUT2D eigenvalue weighted by molar-refractivity contribution is 6.30. The molecule has 1 amide bonds. The molecule has 3 rings (SSSR count). The van der Waals surface area contributed by atoms with Crippen molar-refractivity contribution in [3.63, 3.8) is 0 Å². The predicted octanol–water partition coefficient (Wildman–Crippen LogP) is 3.53. The summed E-state index contributed by atoms with van der Waals surface area (Å²) in [5.74, 6) is -1.06. The van der Waals surface area contributed by atoms with E-state index >= 15 is 0 Å². The highest BCUT2D eigenvalue weighted by Crippen LogP contribution is 2.36. The van der Waals surface area contributed by atoms with Crippen molar-refractivity contribution in [1.29, 1.82) is 0 Å². The van der Waals surface area contributed by atoms with Gasteiger partial charge in [0.05, 0.1) is 0 Å². The van der Waals surface area contributed by atoms with Crippen LogP contribution in [0.1, 0.15) is 16.7 Å². The summed E-state index contributed by atoms with van der Waals surface area (Å²) in [6.45, 7) is 0.0957. The Kier molecular flexibility index (Phi) is 4.68. The number of amides is 1. The number of halogens is 1. The molecule has 0 saturated carbocycles. The SMILES string of the molecule is CN(C(=O)OCc1ccccc1)C1(C(=O)O)Cc2ccc(Cl)cc2C1. The molecule has 0 heterocycles. The van der Waals surface area contributed by atoms with E-state index in [0.29, 0.717) is 5.02 Å². The van der Waals surface area contributed by atoms with E-state index in [1.165, 1.54) is 11.9 Å². The molecule has 2 aromatic carbocycles. The zero-order valence-corrected chi connectivity index (χ0v) is 14.5. The first-order valence-corrected chi connectivity index (χ1v) is 8.25. The fourth-order valence-corrected chi connectivity index (χ4v) is 3.34. The predicted molar refractivity (Wildman–Crippen MR) is 93.6 cm³/mol. The van der Waals surface area contributed by atoms with Crippen LogP contribution in [0.4, 0.5) is 4.79 Å². The largest absolute Gasteiger partial charge is 0.479 e. The normalized spacial score (nSPS) is 18.5. The number of carbonyl (C=O) groups excluding carboxylic acids is 1. The second-order valence-corrected chi connectivity index (χ2v) is 6.64. The molecule has 0 bridgehead atoms. The Morgan fingerprint density at radius 3 is 2.52 bits per heavy atom. The van der Waals surface area contributed by atoms with Crippen molar-refractivity contribution < 1.29 is 19.4 Å². The minimum Gasteiger partial charge on any atom is -0.479 e. The molecule has 5 nitrogen and oxygen atoms in total. The van der Waals surface area contributed by atoms with Gasteiger partial charge in [0.1, 0.15) is 6.61 Å². The minimum atomic E-state index is -1.36. The Morgan fingerprint density at radius 2 is 1.84 bits per heavy atom. The van der Waals surface area contributed by atoms with Crippen LogP contribution in [0.25, 0.3) is 0 Å². The van der Waals surface area contributed by atoms with Crippen LogP contribution >= 0.6 is 11.6 Å². The molecule has 0 spiro atoms. The number of benzene rings is 2. The van der Waals surface area contributed by atoms with E-state index in [2.05, 4.69) is 0 Å². The third kappa shape index (κ3) is 3.33. The first-order chi connectivity index (χ1) is 11.9. The van der Waals surface area contributed by atoms with E-state index in [1.807, 2.05) is 36.4 Å². The number of ether oxygens (including phenoxy) is 1. The van der Waals surface area contributed by atoms with E-state index in [0.717, 1.165) is 16.7 Å². The second kappa shape index (κ2) is 6.76. The third-order valence-corrected chi connectivity index (χ3v) is 4.89. The smallest absolute Gasteiger partial charge is 0.410 e. The summed E-state index contributed by atoms with van der Waals surface area (Å²) >= 11 is 6.00. The minimum absolute atomic E-state index is 0.0957. The van der Waals surface area contributed by atoms with Crippen LogP contribution in [0.2, 0.25) is 5.02 Å². The molecule has 130 valence electrons. The summed E-state index contributed by atoms with van der Waals surface area (Å²) in [6, 6.07) is 14.5. The van der Waals surface area contributed by atoms with Crippen LogP contribution in [-0.2, 0) is 29.0 Å². The molecule has 1 atom stereocenters. The maximum absolute atomic E-state index is 12.4. The summed E-state index contributed by atoms with van der Waals surface area (Å²) in [5.41, 5.74) is 1.21. The molecule has 2 aromatic rings. The van der Waals surface area contributed by atoms with Gasteiger partial charge in [0, 0.05) is 24.9 Å². The number of hydrogen-bond donors (Lipinski definition) is 1. The maximum Gasteiger partial charge on any atom is 0.410 e. The average Bonchev–Trinajstić information content (AvgIpc) is 3.00. The standard InChI is InChI=1S/C19H18ClNO4/c1-21(18(24)25-12-13-5-3-2-4-6-13)19(17(22)23)10-14-7-8-16(20)9-15(14)11-19/h2-9H,10-12H2,1H3,(H,22,23). The van der Waals surface area contributed by atoms with Crippen molar-refractivity contribution in [2.24, 2.45) is 0 Å². The Labute approximate surface area is 150 Å². The lowest BCUT2D eigenvalue weighted by molar-refractivity contribution is -0.149. The Hall–Kier alpha value is -2.53. The number of likely N-dealkylation sites (N-methyl/N-ethyl adjacent to an activating group) is 1. The molecule has 1 aliphatic carbocycles. The number of rotatable bonds is 4. The van der Waals surface area contributed by atoms with E-state index in [-0.39, 0.29) is 19.4 Å². The van der Waals surface area contributed by atoms with Crippen LogP contribution in [0.3, 0.4) is 0 Å². The zero-order valence-electron chi connectivity index (χ0n) is 13.7. The van der Waals surface area contributed by atoms with E-state index < -0.39 is 17.6 Å². The van der Waals surface area contributed by atoms with Gasteiger partial charge >= 0.3 is 12.1 Å². The number of fused-ring (bicyclic) bond motifs is 1. The van der Waals surface area contributed by atoms with E-state index in [1.54, 1.807) is 12.1 Å². The van der Waals surface area contributed by atoms with Gasteiger partial charge in [-0.05, 0) is 28.8 Å². The summed E-state index contributed by atoms with van der Waals surface area (Å²) in [7, 11) is 1.47. The van der Waals surface area contributed by atoms with Crippen molar-refractivity contribution >= 4 is 23.7 Å². The molecule has 1 N–H and O–H groups in total. The Morgan fingerprint density at radius 1 is 1.16 bits per heavy atom. The molecule has 0 aliphatic heterocycles. The number of aliphatic carboxylic acids is 1. The molecule has 0 aromatic heterocycles. The van der Waals surface area contributed by atoms with Crippen molar-refractivity contribution in [3.8, 4) is 0 Å². The van der Waals surface area contributed by atoms with Gasteiger partial charge in [-0.2, -0.15) is 0 Å². The molecular formula is C19H18ClNO4. The number of carbonyl (C=O) groups is 2. The van der Waals surface area contributed by atoms with Gasteiger partial charge in [0.2, 0.25) is 0 Å². The van der Waals surface area contributed by atoms with Crippen LogP contribution in [0, 0.1) is 0 Å². The van der Waals surface area contributed by atoms with Gasteiger partial charge < -0.3 is 9.84 Å². The van der Waals surface area contributed by atoms with Gasteiger partial charge in [-0.3, -0.25) is 4.90 Å². The summed E-state index contributed by atoms with van der Waals surface area (Å²) in [4.78, 5) is 25.6. The highest BCUT2D eigenvalue weighted by Gasteiger charge is 2.50. The Bertz CT molecular complexity index is 808. The van der Waals surface area contributed by atoms with Gasteiger partial charge in [-0.1, -0.05) is 48.0 Å². The molecule has 1 unspecified atom stereocenters. The zero-order chi connectivity index (χ0) is 18.0. The first kappa shape index (κ1) is 17.3. The third-order valence-electron chi connectivity index (χ3n) is 4.65. The van der Waals surface area contributed by atoms with Gasteiger partial charge in [-0.15, -0.1) is 0 Å². The summed E-state index contributed by atoms with van der Waals surface area (Å²) in [6.07, 6.45) is -0.230. The number of nitrogens with zero attached hydrogens (tertiary/aromatic N) is 1. The molecule has 25 heavy (non-hydrogen) atoms. The van der Waals surface area contributed by atoms with Gasteiger partial charge in [0.15, 0.2) is 5.54 Å². The lowest BCUT2D eigenvalue weighted by Crippen LogP contribution is -2.56. The monoisotopic (exact) mass is 359 g/mol. The maximum atomic E-state index is 12.4. The molecule has 6 heteroatoms. The van der Waals surface area contributed by atoms with E-state index in [4.69, 9.17) is 16.3 Å². The highest BCUT2D eigenvalue weighted by atomic mass is 35.5. The average molecular weight is 360 g/mol. The van der Waals surface area contributed by atoms with Crippen molar-refractivity contribution in [3.05, 3.63) is 70.2 Å². The lowest BCUT2D eigenvalue weighted by Gasteiger charge is -2.34. The lowest BCUT2D eigenvalue weighted by atomic mass is 9.94. The molecule has 1 aliphatic rings. The molecule has 0 radical (unpaired) electrons. The number of carboxylic acid groups (broad SMARTS) is 1. The van der Waals surface area contributed by atoms with Gasteiger partial charge in [-0.25, -0.2) is 9.59 Å². The van der Waals surface area contributed by atoms with Crippen LogP contribution in [-0.4, -0.2) is 34.7 Å². The molecule has 0 fully saturated rings. The van der Waals surface area contributed by atoms with Crippen molar-refractivity contribution in [2.75, 3.05) is 7.05 Å². The number of hydrogen-bond acceptors (Lipinski definition) is 3. The second-order valence-electron chi connectivity index (χ2n) is 6.20. The quantitative estimate of drug-likeness (QED) is 0.906. The fourth-order valence-electron chi connectivity index (χ4n) is 3.15. The molecule has 0 saturated heterocycles. The topological polar surface area (TPSA) is 66.8 Å². The number of carboxylic acids is 1. The van der Waals surface area contributed by atoms with Crippen molar-refractivity contribution in [2.45, 2.75) is 25.0 Å². The van der Waals surface area contributed by atoms with E-state index in [9.17, 15) is 14.7 Å². The van der Waals surface area contributed by atoms with Gasteiger partial charge in [0.25, 0.3) is 0 Å². The summed E-state index contributed by atoms with van der Waals surface area (Å²) < 4.78 is 5.30. The van der Waals surface area contributed by atoms with Crippen molar-refractivity contribution in [1.82, 2.24) is 4.90 Å².